The molecule has 94 valence electrons. The van der Waals surface area contributed by atoms with Gasteiger partial charge in [-0.15, -0.1) is 10.2 Å². The number of benzene rings is 1. The highest BCUT2D eigenvalue weighted by Crippen LogP contribution is 2.29. The molecule has 0 radical (unpaired) electrons. The zero-order valence-corrected chi connectivity index (χ0v) is 10.6. The van der Waals surface area contributed by atoms with E-state index in [1.807, 2.05) is 0 Å². The van der Waals surface area contributed by atoms with E-state index in [9.17, 15) is 9.90 Å². The van der Waals surface area contributed by atoms with Gasteiger partial charge in [-0.3, -0.25) is 9.13 Å². The second kappa shape index (κ2) is 4.66. The Morgan fingerprint density at radius 1 is 1.17 bits per heavy atom. The summed E-state index contributed by atoms with van der Waals surface area (Å²) in [5.41, 5.74) is 0.0930. The van der Waals surface area contributed by atoms with Crippen LogP contribution in [0.15, 0.2) is 39.3 Å². The monoisotopic (exact) mass is 266 g/mol. The van der Waals surface area contributed by atoms with E-state index in [0.29, 0.717) is 10.7 Å². The molecule has 2 aromatic rings. The van der Waals surface area contributed by atoms with Gasteiger partial charge in [0.1, 0.15) is 5.69 Å². The summed E-state index contributed by atoms with van der Waals surface area (Å²) in [6.45, 7) is 0. The Bertz CT molecular complexity index is 672. The van der Waals surface area contributed by atoms with Gasteiger partial charge in [-0.25, -0.2) is 4.79 Å². The lowest BCUT2D eigenvalue weighted by Gasteiger charge is -1.96. The van der Waals surface area contributed by atoms with Crippen LogP contribution in [0.4, 0.5) is 11.5 Å². The number of halogens is 1. The molecule has 6 nitrogen and oxygen atoms in total. The Labute approximate surface area is 108 Å². The quantitative estimate of drug-likeness (QED) is 0.848. The lowest BCUT2D eigenvalue weighted by atomic mass is 10.3. The molecule has 0 atom stereocenters. The molecule has 1 aromatic heterocycles. The molecule has 18 heavy (non-hydrogen) atoms. The molecule has 7 heteroatoms. The van der Waals surface area contributed by atoms with Crippen molar-refractivity contribution in [3.05, 3.63) is 39.8 Å². The zero-order chi connectivity index (χ0) is 13.3. The van der Waals surface area contributed by atoms with Gasteiger partial charge >= 0.3 is 5.69 Å². The van der Waals surface area contributed by atoms with Crippen molar-refractivity contribution in [3.8, 4) is 5.88 Å². The Balaban J connectivity index is 2.45. The molecular weight excluding hydrogens is 256 g/mol. The fourth-order valence-corrected chi connectivity index (χ4v) is 1.63. The van der Waals surface area contributed by atoms with Crippen molar-refractivity contribution in [1.82, 2.24) is 9.13 Å². The lowest BCUT2D eigenvalue weighted by Crippen LogP contribution is -2.19. The second-order valence-electron chi connectivity index (χ2n) is 3.70. The van der Waals surface area contributed by atoms with Crippen molar-refractivity contribution >= 4 is 23.1 Å². The number of imidazole rings is 1. The van der Waals surface area contributed by atoms with Crippen LogP contribution in [0.3, 0.4) is 0 Å². The number of rotatable bonds is 2. The predicted octanol–water partition coefficient (Wildman–Crippen LogP) is 2.50. The zero-order valence-electron chi connectivity index (χ0n) is 9.83. The van der Waals surface area contributed by atoms with Crippen molar-refractivity contribution in [2.75, 3.05) is 0 Å². The highest BCUT2D eigenvalue weighted by Gasteiger charge is 2.13. The van der Waals surface area contributed by atoms with E-state index in [4.69, 9.17) is 11.6 Å². The SMILES string of the molecule is Cn1c(O)c(N=Nc2ccccc2Cl)n(C)c1=O. The van der Waals surface area contributed by atoms with Gasteiger partial charge in [0, 0.05) is 14.1 Å². The minimum Gasteiger partial charge on any atom is -0.492 e. The van der Waals surface area contributed by atoms with Crippen LogP contribution in [0, 0.1) is 0 Å². The van der Waals surface area contributed by atoms with Gasteiger partial charge in [0.05, 0.1) is 5.02 Å². The van der Waals surface area contributed by atoms with Crippen molar-refractivity contribution in [2.45, 2.75) is 0 Å². The smallest absolute Gasteiger partial charge is 0.332 e. The maximum atomic E-state index is 11.5. The normalized spacial score (nSPS) is 11.3. The number of hydrogen-bond acceptors (Lipinski definition) is 4. The third-order valence-corrected chi connectivity index (χ3v) is 2.83. The topological polar surface area (TPSA) is 71.9 Å². The predicted molar refractivity (Wildman–Crippen MR) is 67.9 cm³/mol. The van der Waals surface area contributed by atoms with Crippen molar-refractivity contribution in [3.63, 3.8) is 0 Å². The average molecular weight is 267 g/mol. The van der Waals surface area contributed by atoms with Gasteiger partial charge in [0.15, 0.2) is 0 Å². The number of aromatic hydroxyl groups is 1. The highest BCUT2D eigenvalue weighted by atomic mass is 35.5. The maximum absolute atomic E-state index is 11.5. The Hall–Kier alpha value is -2.08. The lowest BCUT2D eigenvalue weighted by molar-refractivity contribution is 0.430. The summed E-state index contributed by atoms with van der Waals surface area (Å²) in [4.78, 5) is 11.5. The van der Waals surface area contributed by atoms with Crippen LogP contribution in [0.5, 0.6) is 5.88 Å². The Morgan fingerprint density at radius 2 is 1.83 bits per heavy atom. The van der Waals surface area contributed by atoms with E-state index in [-0.39, 0.29) is 17.4 Å². The molecule has 1 heterocycles. The number of aromatic nitrogens is 2. The first kappa shape index (κ1) is 12.4. The molecule has 0 fully saturated rings. The number of hydrogen-bond donors (Lipinski definition) is 1. The van der Waals surface area contributed by atoms with E-state index in [1.54, 1.807) is 24.3 Å². The summed E-state index contributed by atoms with van der Waals surface area (Å²) in [6, 6.07) is 6.91. The standard InChI is InChI=1S/C11H11ClN4O2/c1-15-9(10(17)16(2)11(15)18)14-13-8-6-4-3-5-7(8)12/h3-6,17H,1-2H3. The molecule has 0 amide bonds. The fourth-order valence-electron chi connectivity index (χ4n) is 1.45. The molecule has 0 aliphatic heterocycles. The highest BCUT2D eigenvalue weighted by molar-refractivity contribution is 6.32. The molecule has 0 spiro atoms. The van der Waals surface area contributed by atoms with Gasteiger partial charge in [0.2, 0.25) is 11.7 Å². The largest absolute Gasteiger partial charge is 0.492 e. The Morgan fingerprint density at radius 3 is 2.39 bits per heavy atom. The molecule has 0 aliphatic carbocycles. The second-order valence-corrected chi connectivity index (χ2v) is 4.11. The number of azo groups is 1. The van der Waals surface area contributed by atoms with E-state index < -0.39 is 0 Å². The fraction of sp³-hybridized carbons (Fsp3) is 0.182. The van der Waals surface area contributed by atoms with Crippen LogP contribution in [-0.2, 0) is 14.1 Å². The Kier molecular flexibility index (Phi) is 3.20. The van der Waals surface area contributed by atoms with Crippen LogP contribution in [0.25, 0.3) is 0 Å². The molecule has 0 aliphatic rings. The third-order valence-electron chi connectivity index (χ3n) is 2.51. The third kappa shape index (κ3) is 2.02. The van der Waals surface area contributed by atoms with E-state index >= 15 is 0 Å². The van der Waals surface area contributed by atoms with Gasteiger partial charge < -0.3 is 5.11 Å². The first-order valence-corrected chi connectivity index (χ1v) is 5.51. The van der Waals surface area contributed by atoms with Crippen LogP contribution in [-0.4, -0.2) is 14.2 Å². The molecule has 0 saturated carbocycles. The van der Waals surface area contributed by atoms with Gasteiger partial charge in [-0.1, -0.05) is 23.7 Å². The van der Waals surface area contributed by atoms with E-state index in [1.165, 1.54) is 18.7 Å². The average Bonchev–Trinajstić information content (AvgIpc) is 2.54. The summed E-state index contributed by atoms with van der Waals surface area (Å²) in [7, 11) is 2.95. The van der Waals surface area contributed by atoms with Crippen LogP contribution in [0.1, 0.15) is 0 Å². The van der Waals surface area contributed by atoms with E-state index in [2.05, 4.69) is 10.2 Å². The summed E-state index contributed by atoms with van der Waals surface area (Å²) in [5, 5.41) is 17.9. The first-order chi connectivity index (χ1) is 8.52. The van der Waals surface area contributed by atoms with E-state index in [0.717, 1.165) is 4.57 Å². The molecule has 0 bridgehead atoms. The van der Waals surface area contributed by atoms with Crippen LogP contribution < -0.4 is 5.69 Å². The minimum atomic E-state index is -0.374. The molecule has 0 unspecified atom stereocenters. The maximum Gasteiger partial charge on any atom is 0.332 e. The van der Waals surface area contributed by atoms with Crippen LogP contribution >= 0.6 is 11.6 Å². The van der Waals surface area contributed by atoms with Gasteiger partial charge in [-0.05, 0) is 12.1 Å². The molecular formula is C11H11ClN4O2. The minimum absolute atomic E-state index is 0.0856. The molecule has 1 N–H and O–H groups in total. The van der Waals surface area contributed by atoms with Gasteiger partial charge in [-0.2, -0.15) is 0 Å². The van der Waals surface area contributed by atoms with Crippen molar-refractivity contribution in [1.29, 1.82) is 0 Å². The summed E-state index contributed by atoms with van der Waals surface area (Å²) >= 11 is 5.92. The first-order valence-electron chi connectivity index (χ1n) is 5.13. The molecule has 1 aromatic carbocycles. The van der Waals surface area contributed by atoms with Crippen LogP contribution in [0.2, 0.25) is 5.02 Å². The number of nitrogens with zero attached hydrogens (tertiary/aromatic N) is 4. The summed E-state index contributed by atoms with van der Waals surface area (Å²) in [5.74, 6) is -0.152. The summed E-state index contributed by atoms with van der Waals surface area (Å²) < 4.78 is 2.29. The molecule has 2 rings (SSSR count). The van der Waals surface area contributed by atoms with Crippen molar-refractivity contribution in [2.24, 2.45) is 24.3 Å². The molecule has 0 saturated heterocycles. The van der Waals surface area contributed by atoms with Gasteiger partial charge in [0.25, 0.3) is 0 Å². The summed E-state index contributed by atoms with van der Waals surface area (Å²) in [6.07, 6.45) is 0. The van der Waals surface area contributed by atoms with Crippen molar-refractivity contribution < 1.29 is 5.11 Å².